The molecule has 2 aliphatic rings. The zero-order valence-corrected chi connectivity index (χ0v) is 12.8. The van der Waals surface area contributed by atoms with Crippen LogP contribution in [-0.4, -0.2) is 49.2 Å². The Kier molecular flexibility index (Phi) is 3.94. The van der Waals surface area contributed by atoms with E-state index in [4.69, 9.17) is 4.74 Å². The third-order valence-corrected chi connectivity index (χ3v) is 4.59. The van der Waals surface area contributed by atoms with Crippen LogP contribution in [0.3, 0.4) is 0 Å². The van der Waals surface area contributed by atoms with E-state index in [9.17, 15) is 0 Å². The second-order valence-corrected chi connectivity index (χ2v) is 6.03. The summed E-state index contributed by atoms with van der Waals surface area (Å²) in [6.45, 7) is 8.80. The van der Waals surface area contributed by atoms with Gasteiger partial charge < -0.3 is 9.64 Å². The Morgan fingerprint density at radius 3 is 2.50 bits per heavy atom. The number of methoxy groups -OCH3 is 1. The second kappa shape index (κ2) is 5.70. The van der Waals surface area contributed by atoms with Crippen LogP contribution >= 0.6 is 0 Å². The number of pyridine rings is 1. The monoisotopic (exact) mass is 275 g/mol. The maximum atomic E-state index is 5.37. The van der Waals surface area contributed by atoms with Gasteiger partial charge in [0.1, 0.15) is 0 Å². The number of piperazine rings is 1. The molecule has 1 saturated heterocycles. The lowest BCUT2D eigenvalue weighted by Gasteiger charge is -2.36. The Bertz CT molecular complexity index is 465. The van der Waals surface area contributed by atoms with Crippen LogP contribution < -0.4 is 4.90 Å². The maximum Gasteiger partial charge on any atom is 0.0965 e. The van der Waals surface area contributed by atoms with Crippen LogP contribution in [0.2, 0.25) is 0 Å². The van der Waals surface area contributed by atoms with Gasteiger partial charge in [-0.25, -0.2) is 0 Å². The van der Waals surface area contributed by atoms with Crippen molar-refractivity contribution in [3.05, 3.63) is 23.5 Å². The number of rotatable bonds is 4. The molecule has 0 N–H and O–H groups in total. The number of hydrogen-bond donors (Lipinski definition) is 0. The number of aryl methyl sites for hydroxylation is 1. The summed E-state index contributed by atoms with van der Waals surface area (Å²) in [6.07, 6.45) is 4.88. The van der Waals surface area contributed by atoms with E-state index in [2.05, 4.69) is 27.8 Å². The lowest BCUT2D eigenvalue weighted by molar-refractivity contribution is 0.115. The molecule has 1 atom stereocenters. The van der Waals surface area contributed by atoms with Crippen LogP contribution in [0.1, 0.15) is 37.1 Å². The fourth-order valence-corrected chi connectivity index (χ4v) is 3.07. The lowest BCUT2D eigenvalue weighted by Crippen LogP contribution is -2.47. The highest BCUT2D eigenvalue weighted by Crippen LogP contribution is 2.29. The van der Waals surface area contributed by atoms with E-state index in [0.717, 1.165) is 24.8 Å². The molecule has 0 spiro atoms. The minimum atomic E-state index is 0.0655. The van der Waals surface area contributed by atoms with Gasteiger partial charge in [-0.1, -0.05) is 0 Å². The molecule has 0 amide bonds. The van der Waals surface area contributed by atoms with Crippen LogP contribution in [-0.2, 0) is 4.74 Å². The summed E-state index contributed by atoms with van der Waals surface area (Å²) in [5, 5.41) is 0. The van der Waals surface area contributed by atoms with Crippen molar-refractivity contribution in [3.8, 4) is 0 Å². The quantitative estimate of drug-likeness (QED) is 0.843. The smallest absolute Gasteiger partial charge is 0.0965 e. The molecule has 4 heteroatoms. The molecule has 1 aliphatic carbocycles. The van der Waals surface area contributed by atoms with E-state index in [-0.39, 0.29) is 6.10 Å². The lowest BCUT2D eigenvalue weighted by atomic mass is 10.1. The fourth-order valence-electron chi connectivity index (χ4n) is 3.07. The Morgan fingerprint density at radius 2 is 1.95 bits per heavy atom. The Labute approximate surface area is 121 Å². The predicted octanol–water partition coefficient (Wildman–Crippen LogP) is 2.38. The molecule has 110 valence electrons. The number of anilines is 1. The van der Waals surface area contributed by atoms with Crippen LogP contribution in [0.25, 0.3) is 0 Å². The SMILES string of the molecule is CO[C@@H](C)c1ncc(N2CCN(C3CC3)CC2)cc1C. The van der Waals surface area contributed by atoms with Crippen molar-refractivity contribution in [1.29, 1.82) is 0 Å². The summed E-state index contributed by atoms with van der Waals surface area (Å²) < 4.78 is 5.37. The minimum absolute atomic E-state index is 0.0655. The van der Waals surface area contributed by atoms with E-state index in [1.54, 1.807) is 7.11 Å². The van der Waals surface area contributed by atoms with Crippen molar-refractivity contribution in [2.24, 2.45) is 0 Å². The third kappa shape index (κ3) is 2.81. The summed E-state index contributed by atoms with van der Waals surface area (Å²) in [5.41, 5.74) is 3.53. The Hall–Kier alpha value is -1.13. The molecule has 0 unspecified atom stereocenters. The highest BCUT2D eigenvalue weighted by molar-refractivity contribution is 5.48. The highest BCUT2D eigenvalue weighted by Gasteiger charge is 2.31. The summed E-state index contributed by atoms with van der Waals surface area (Å²) in [7, 11) is 1.73. The van der Waals surface area contributed by atoms with Gasteiger partial charge in [0, 0.05) is 39.3 Å². The standard InChI is InChI=1S/C16H25N3O/c1-12-10-15(11-17-16(12)13(2)20-3)19-8-6-18(7-9-19)14-4-5-14/h10-11,13-14H,4-9H2,1-3H3/t13-/m0/s1. The molecule has 2 fully saturated rings. The summed E-state index contributed by atoms with van der Waals surface area (Å²) >= 11 is 0. The first-order valence-electron chi connectivity index (χ1n) is 7.67. The fraction of sp³-hybridized carbons (Fsp3) is 0.688. The number of hydrogen-bond acceptors (Lipinski definition) is 4. The topological polar surface area (TPSA) is 28.6 Å². The van der Waals surface area contributed by atoms with Gasteiger partial charge >= 0.3 is 0 Å². The van der Waals surface area contributed by atoms with Gasteiger partial charge in [0.05, 0.1) is 23.7 Å². The molecule has 0 radical (unpaired) electrons. The zero-order chi connectivity index (χ0) is 14.1. The predicted molar refractivity (Wildman–Crippen MR) is 81.2 cm³/mol. The number of aromatic nitrogens is 1. The van der Waals surface area contributed by atoms with E-state index in [0.29, 0.717) is 0 Å². The van der Waals surface area contributed by atoms with Gasteiger partial charge in [-0.15, -0.1) is 0 Å². The average molecular weight is 275 g/mol. The molecule has 20 heavy (non-hydrogen) atoms. The van der Waals surface area contributed by atoms with Crippen LogP contribution in [0, 0.1) is 6.92 Å². The zero-order valence-electron chi connectivity index (χ0n) is 12.8. The van der Waals surface area contributed by atoms with Crippen molar-refractivity contribution in [2.45, 2.75) is 38.8 Å². The normalized spacial score (nSPS) is 22.1. The van der Waals surface area contributed by atoms with Gasteiger partial charge in [0.2, 0.25) is 0 Å². The van der Waals surface area contributed by atoms with Gasteiger partial charge in [0.25, 0.3) is 0 Å². The average Bonchev–Trinajstić information content (AvgIpc) is 3.31. The van der Waals surface area contributed by atoms with Gasteiger partial charge in [0.15, 0.2) is 0 Å². The van der Waals surface area contributed by atoms with Crippen LogP contribution in [0.5, 0.6) is 0 Å². The van der Waals surface area contributed by atoms with E-state index in [1.165, 1.54) is 37.2 Å². The van der Waals surface area contributed by atoms with Crippen molar-refractivity contribution in [1.82, 2.24) is 9.88 Å². The van der Waals surface area contributed by atoms with Gasteiger partial charge in [-0.05, 0) is 38.3 Å². The molecule has 1 aromatic rings. The second-order valence-electron chi connectivity index (χ2n) is 6.03. The van der Waals surface area contributed by atoms with Crippen molar-refractivity contribution in [2.75, 3.05) is 38.2 Å². The minimum Gasteiger partial charge on any atom is -0.375 e. The maximum absolute atomic E-state index is 5.37. The van der Waals surface area contributed by atoms with Crippen LogP contribution in [0.4, 0.5) is 5.69 Å². The summed E-state index contributed by atoms with van der Waals surface area (Å²) in [4.78, 5) is 9.71. The van der Waals surface area contributed by atoms with Crippen molar-refractivity contribution >= 4 is 5.69 Å². The molecule has 1 aromatic heterocycles. The van der Waals surface area contributed by atoms with E-state index < -0.39 is 0 Å². The van der Waals surface area contributed by atoms with Gasteiger partial charge in [-0.2, -0.15) is 0 Å². The highest BCUT2D eigenvalue weighted by atomic mass is 16.5. The molecule has 4 nitrogen and oxygen atoms in total. The van der Waals surface area contributed by atoms with Gasteiger partial charge in [-0.3, -0.25) is 9.88 Å². The molecular formula is C16H25N3O. The molecule has 0 aromatic carbocycles. The summed E-state index contributed by atoms with van der Waals surface area (Å²) in [6, 6.07) is 3.15. The van der Waals surface area contributed by atoms with E-state index in [1.807, 2.05) is 13.1 Å². The largest absolute Gasteiger partial charge is 0.375 e. The molecular weight excluding hydrogens is 250 g/mol. The third-order valence-electron chi connectivity index (χ3n) is 4.59. The molecule has 3 rings (SSSR count). The summed E-state index contributed by atoms with van der Waals surface area (Å²) in [5.74, 6) is 0. The molecule has 1 saturated carbocycles. The first-order valence-corrected chi connectivity index (χ1v) is 7.67. The molecule has 0 bridgehead atoms. The molecule has 1 aliphatic heterocycles. The van der Waals surface area contributed by atoms with E-state index >= 15 is 0 Å². The number of ether oxygens (including phenoxy) is 1. The van der Waals surface area contributed by atoms with Crippen molar-refractivity contribution < 1.29 is 4.74 Å². The molecule has 2 heterocycles. The van der Waals surface area contributed by atoms with Crippen molar-refractivity contribution in [3.63, 3.8) is 0 Å². The Balaban J connectivity index is 1.67. The van der Waals surface area contributed by atoms with Crippen LogP contribution in [0.15, 0.2) is 12.3 Å². The Morgan fingerprint density at radius 1 is 1.25 bits per heavy atom. The number of nitrogens with zero attached hydrogens (tertiary/aromatic N) is 3. The first kappa shape index (κ1) is 13.8. The first-order chi connectivity index (χ1) is 9.69.